The highest BCUT2D eigenvalue weighted by atomic mass is 32.2. The quantitative estimate of drug-likeness (QED) is 0.773. The van der Waals surface area contributed by atoms with Gasteiger partial charge in [0.05, 0.1) is 5.69 Å². The van der Waals surface area contributed by atoms with Gasteiger partial charge in [0.25, 0.3) is 0 Å². The van der Waals surface area contributed by atoms with Crippen molar-refractivity contribution in [2.75, 3.05) is 39.5 Å². The predicted molar refractivity (Wildman–Crippen MR) is 78.4 cm³/mol. The number of sulfonamides is 1. The van der Waals surface area contributed by atoms with Crippen LogP contribution in [-0.2, 0) is 10.0 Å². The Bertz CT molecular complexity index is 547. The average Bonchev–Trinajstić information content (AvgIpc) is 2.37. The molecule has 0 aliphatic rings. The molecule has 20 heavy (non-hydrogen) atoms. The predicted octanol–water partition coefficient (Wildman–Crippen LogP) is 1.37. The van der Waals surface area contributed by atoms with Gasteiger partial charge < -0.3 is 10.6 Å². The summed E-state index contributed by atoms with van der Waals surface area (Å²) in [5.41, 5.74) is 5.23. The van der Waals surface area contributed by atoms with E-state index in [4.69, 9.17) is 5.73 Å². The van der Waals surface area contributed by atoms with E-state index in [2.05, 4.69) is 0 Å². The third kappa shape index (κ3) is 3.91. The lowest BCUT2D eigenvalue weighted by Gasteiger charge is -2.22. The van der Waals surface area contributed by atoms with Crippen molar-refractivity contribution < 1.29 is 12.8 Å². The van der Waals surface area contributed by atoms with Crippen molar-refractivity contribution in [1.29, 1.82) is 0 Å². The molecule has 7 heteroatoms. The van der Waals surface area contributed by atoms with Gasteiger partial charge in [-0.1, -0.05) is 13.0 Å². The van der Waals surface area contributed by atoms with E-state index in [9.17, 15) is 12.8 Å². The highest BCUT2D eigenvalue weighted by molar-refractivity contribution is 7.89. The smallest absolute Gasteiger partial charge is 0.245 e. The van der Waals surface area contributed by atoms with Gasteiger partial charge in [-0.25, -0.2) is 12.8 Å². The van der Waals surface area contributed by atoms with Crippen LogP contribution in [0.2, 0.25) is 0 Å². The van der Waals surface area contributed by atoms with Crippen molar-refractivity contribution in [3.05, 3.63) is 24.0 Å². The molecule has 0 aromatic heterocycles. The van der Waals surface area contributed by atoms with Crippen LogP contribution in [0.15, 0.2) is 23.1 Å². The van der Waals surface area contributed by atoms with Gasteiger partial charge >= 0.3 is 0 Å². The van der Waals surface area contributed by atoms with E-state index in [1.54, 1.807) is 6.92 Å². The Hall–Kier alpha value is -1.18. The molecule has 0 atom stereocenters. The molecule has 0 heterocycles. The largest absolute Gasteiger partial charge is 0.395 e. The number of nitrogens with two attached hydrogens (primary N) is 1. The molecule has 0 amide bonds. The zero-order valence-electron chi connectivity index (χ0n) is 12.1. The number of hydrogen-bond donors (Lipinski definition) is 1. The average molecular weight is 303 g/mol. The van der Waals surface area contributed by atoms with Crippen LogP contribution < -0.4 is 5.73 Å². The Morgan fingerprint density at radius 2 is 1.90 bits per heavy atom. The van der Waals surface area contributed by atoms with Gasteiger partial charge in [-0.15, -0.1) is 0 Å². The molecule has 5 nitrogen and oxygen atoms in total. The van der Waals surface area contributed by atoms with E-state index in [1.165, 1.54) is 16.4 Å². The van der Waals surface area contributed by atoms with Crippen LogP contribution in [-0.4, -0.2) is 51.4 Å². The molecule has 0 aliphatic carbocycles. The number of para-hydroxylation sites is 1. The van der Waals surface area contributed by atoms with Crippen molar-refractivity contribution in [2.45, 2.75) is 18.2 Å². The minimum absolute atomic E-state index is 0.163. The molecule has 1 aromatic rings. The Labute approximate surface area is 120 Å². The van der Waals surface area contributed by atoms with E-state index < -0.39 is 15.8 Å². The summed E-state index contributed by atoms with van der Waals surface area (Å²) < 4.78 is 39.7. The van der Waals surface area contributed by atoms with Crippen LogP contribution in [0.1, 0.15) is 13.3 Å². The van der Waals surface area contributed by atoms with Crippen molar-refractivity contribution in [3.8, 4) is 0 Å². The number of rotatable bonds is 7. The standard InChI is InChI=1S/C13H22FN3O2S/c1-4-17(10-6-9-16(2)3)20(18,19)12-8-5-7-11(14)13(12)15/h5,7-8H,4,6,9-10,15H2,1-3H3. The summed E-state index contributed by atoms with van der Waals surface area (Å²) >= 11 is 0. The van der Waals surface area contributed by atoms with Gasteiger partial charge in [0.2, 0.25) is 10.0 Å². The first-order valence-electron chi connectivity index (χ1n) is 6.49. The second kappa shape index (κ2) is 7.01. The summed E-state index contributed by atoms with van der Waals surface area (Å²) in [6, 6.07) is 3.84. The molecule has 114 valence electrons. The monoisotopic (exact) mass is 303 g/mol. The number of hydrogen-bond acceptors (Lipinski definition) is 4. The maximum absolute atomic E-state index is 13.4. The van der Waals surface area contributed by atoms with Gasteiger partial charge in [0.1, 0.15) is 10.7 Å². The molecule has 0 unspecified atom stereocenters. The highest BCUT2D eigenvalue weighted by Crippen LogP contribution is 2.24. The number of benzene rings is 1. The number of anilines is 1. The fourth-order valence-electron chi connectivity index (χ4n) is 1.89. The fourth-order valence-corrected chi connectivity index (χ4v) is 3.51. The van der Waals surface area contributed by atoms with Crippen molar-refractivity contribution in [2.24, 2.45) is 0 Å². The number of nitrogens with zero attached hydrogens (tertiary/aromatic N) is 2. The van der Waals surface area contributed by atoms with Crippen LogP contribution in [0.5, 0.6) is 0 Å². The molecular weight excluding hydrogens is 281 g/mol. The molecule has 0 spiro atoms. The molecular formula is C13H22FN3O2S. The van der Waals surface area contributed by atoms with Crippen LogP contribution in [0.25, 0.3) is 0 Å². The molecule has 0 fully saturated rings. The van der Waals surface area contributed by atoms with E-state index in [0.717, 1.165) is 12.6 Å². The first-order chi connectivity index (χ1) is 9.30. The first-order valence-corrected chi connectivity index (χ1v) is 7.93. The molecule has 0 bridgehead atoms. The molecule has 2 N–H and O–H groups in total. The molecule has 0 aliphatic heterocycles. The van der Waals surface area contributed by atoms with Crippen molar-refractivity contribution in [3.63, 3.8) is 0 Å². The van der Waals surface area contributed by atoms with Crippen LogP contribution in [0, 0.1) is 5.82 Å². The van der Waals surface area contributed by atoms with E-state index in [1.807, 2.05) is 19.0 Å². The Kier molecular flexibility index (Phi) is 5.91. The fraction of sp³-hybridized carbons (Fsp3) is 0.538. The summed E-state index contributed by atoms with van der Waals surface area (Å²) in [7, 11) is 0.0994. The highest BCUT2D eigenvalue weighted by Gasteiger charge is 2.26. The van der Waals surface area contributed by atoms with Crippen LogP contribution >= 0.6 is 0 Å². The molecule has 1 rings (SSSR count). The number of nitrogen functional groups attached to an aromatic ring is 1. The molecule has 0 saturated carbocycles. The van der Waals surface area contributed by atoms with Gasteiger partial charge in [-0.3, -0.25) is 0 Å². The van der Waals surface area contributed by atoms with E-state index in [-0.39, 0.29) is 10.6 Å². The summed E-state index contributed by atoms with van der Waals surface area (Å²) in [5, 5.41) is 0. The normalized spacial score (nSPS) is 12.3. The maximum atomic E-state index is 13.4. The minimum atomic E-state index is -3.75. The Morgan fingerprint density at radius 1 is 1.25 bits per heavy atom. The molecule has 0 radical (unpaired) electrons. The maximum Gasteiger partial charge on any atom is 0.245 e. The van der Waals surface area contributed by atoms with Gasteiger partial charge in [-0.2, -0.15) is 4.31 Å². The number of halogens is 1. The van der Waals surface area contributed by atoms with Crippen molar-refractivity contribution >= 4 is 15.7 Å². The summed E-state index contributed by atoms with van der Waals surface area (Å²) in [6.45, 7) is 3.24. The first kappa shape index (κ1) is 16.9. The van der Waals surface area contributed by atoms with Crippen LogP contribution in [0.3, 0.4) is 0 Å². The third-order valence-corrected chi connectivity index (χ3v) is 5.03. The summed E-state index contributed by atoms with van der Waals surface area (Å²) in [5.74, 6) is -0.713. The van der Waals surface area contributed by atoms with Crippen molar-refractivity contribution in [1.82, 2.24) is 9.21 Å². The lowest BCUT2D eigenvalue weighted by Crippen LogP contribution is -2.33. The molecule has 0 saturated heterocycles. The summed E-state index contributed by atoms with van der Waals surface area (Å²) in [6.07, 6.45) is 0.704. The van der Waals surface area contributed by atoms with Gasteiger partial charge in [-0.05, 0) is 39.2 Å². The van der Waals surface area contributed by atoms with Gasteiger partial charge in [0.15, 0.2) is 0 Å². The topological polar surface area (TPSA) is 66.6 Å². The molecule has 1 aromatic carbocycles. The second-order valence-electron chi connectivity index (χ2n) is 4.81. The minimum Gasteiger partial charge on any atom is -0.395 e. The third-order valence-electron chi connectivity index (χ3n) is 3.00. The van der Waals surface area contributed by atoms with Crippen LogP contribution in [0.4, 0.5) is 10.1 Å². The lowest BCUT2D eigenvalue weighted by molar-refractivity contribution is 0.356. The lowest BCUT2D eigenvalue weighted by atomic mass is 10.3. The Morgan fingerprint density at radius 3 is 2.45 bits per heavy atom. The van der Waals surface area contributed by atoms with E-state index >= 15 is 0 Å². The summed E-state index contributed by atoms with van der Waals surface area (Å²) in [4.78, 5) is 1.82. The second-order valence-corrected chi connectivity index (χ2v) is 6.71. The zero-order chi connectivity index (χ0) is 15.3. The Balaban J connectivity index is 2.97. The van der Waals surface area contributed by atoms with Gasteiger partial charge in [0, 0.05) is 13.1 Å². The van der Waals surface area contributed by atoms with E-state index in [0.29, 0.717) is 19.5 Å². The SMILES string of the molecule is CCN(CCCN(C)C)S(=O)(=O)c1cccc(F)c1N. The zero-order valence-corrected chi connectivity index (χ0v) is 13.0.